The lowest BCUT2D eigenvalue weighted by Gasteiger charge is -2.38. The molecule has 0 saturated carbocycles. The van der Waals surface area contributed by atoms with Gasteiger partial charge in [0.05, 0.1) is 10.5 Å². The smallest absolute Gasteiger partial charge is 0.269 e. The molecule has 0 unspecified atom stereocenters. The normalized spacial score (nSPS) is 15.8. The average Bonchev–Trinajstić information content (AvgIpc) is 2.69. The number of hydrogen-bond donors (Lipinski definition) is 1. The second kappa shape index (κ2) is 6.57. The van der Waals surface area contributed by atoms with Crippen LogP contribution in [0.25, 0.3) is 0 Å². The van der Waals surface area contributed by atoms with Gasteiger partial charge in [-0.3, -0.25) is 19.8 Å². The van der Waals surface area contributed by atoms with Crippen molar-refractivity contribution in [3.05, 3.63) is 99.6 Å². The van der Waals surface area contributed by atoms with Crippen LogP contribution in [0.5, 0.6) is 0 Å². The Hall–Kier alpha value is -3.67. The van der Waals surface area contributed by atoms with Gasteiger partial charge in [0.25, 0.3) is 11.6 Å². The Balaban J connectivity index is 1.82. The van der Waals surface area contributed by atoms with E-state index in [9.17, 15) is 14.9 Å². The molecule has 3 aromatic rings. The van der Waals surface area contributed by atoms with Crippen molar-refractivity contribution in [2.75, 3.05) is 10.2 Å². The monoisotopic (exact) mass is 359 g/mol. The Morgan fingerprint density at radius 2 is 1.63 bits per heavy atom. The van der Waals surface area contributed by atoms with Gasteiger partial charge in [-0.15, -0.1) is 0 Å². The first-order valence-electron chi connectivity index (χ1n) is 8.55. The lowest BCUT2D eigenvalue weighted by Crippen LogP contribution is -2.43. The van der Waals surface area contributed by atoms with Crippen molar-refractivity contribution in [3.63, 3.8) is 0 Å². The van der Waals surface area contributed by atoms with Crippen LogP contribution < -0.4 is 10.2 Å². The zero-order chi connectivity index (χ0) is 19.0. The predicted octanol–water partition coefficient (Wildman–Crippen LogP) is 4.67. The van der Waals surface area contributed by atoms with Crippen LogP contribution in [0.4, 0.5) is 17.1 Å². The number of anilines is 2. The fourth-order valence-corrected chi connectivity index (χ4v) is 3.24. The molecule has 6 heteroatoms. The van der Waals surface area contributed by atoms with Crippen LogP contribution >= 0.6 is 0 Å². The molecule has 0 aromatic heterocycles. The van der Waals surface area contributed by atoms with Gasteiger partial charge in [-0.25, -0.2) is 0 Å². The molecular formula is C21H17N3O3. The molecule has 0 fully saturated rings. The van der Waals surface area contributed by atoms with E-state index in [0.29, 0.717) is 5.56 Å². The Morgan fingerprint density at radius 1 is 0.963 bits per heavy atom. The minimum absolute atomic E-state index is 0.0168. The summed E-state index contributed by atoms with van der Waals surface area (Å²) in [5, 5.41) is 14.3. The first-order chi connectivity index (χ1) is 13.0. The molecule has 134 valence electrons. The highest BCUT2D eigenvalue weighted by Gasteiger charge is 2.34. The molecule has 6 nitrogen and oxygen atoms in total. The topological polar surface area (TPSA) is 75.5 Å². The zero-order valence-corrected chi connectivity index (χ0v) is 14.6. The number of carbonyl (C=O) groups excluding carboxylic acids is 1. The first kappa shape index (κ1) is 16.8. The number of para-hydroxylation sites is 1. The molecule has 1 amide bonds. The van der Waals surface area contributed by atoms with E-state index >= 15 is 0 Å². The summed E-state index contributed by atoms with van der Waals surface area (Å²) in [6.07, 6.45) is -0.462. The van der Waals surface area contributed by atoms with Crippen LogP contribution in [0.3, 0.4) is 0 Å². The lowest BCUT2D eigenvalue weighted by atomic mass is 10.0. The van der Waals surface area contributed by atoms with Crippen molar-refractivity contribution >= 4 is 23.0 Å². The molecular weight excluding hydrogens is 342 g/mol. The molecule has 27 heavy (non-hydrogen) atoms. The van der Waals surface area contributed by atoms with E-state index in [0.717, 1.165) is 22.5 Å². The minimum atomic E-state index is -0.462. The van der Waals surface area contributed by atoms with Crippen LogP contribution in [-0.4, -0.2) is 10.8 Å². The summed E-state index contributed by atoms with van der Waals surface area (Å²) in [6.45, 7) is 1.99. The van der Waals surface area contributed by atoms with Gasteiger partial charge in [-0.1, -0.05) is 29.8 Å². The summed E-state index contributed by atoms with van der Waals surface area (Å²) in [5.74, 6) is -0.114. The van der Waals surface area contributed by atoms with E-state index in [4.69, 9.17) is 0 Å². The number of nitro groups is 1. The second-order valence-corrected chi connectivity index (χ2v) is 6.45. The van der Waals surface area contributed by atoms with Gasteiger partial charge in [0.15, 0.2) is 0 Å². The molecule has 0 aliphatic carbocycles. The molecule has 0 saturated heterocycles. The van der Waals surface area contributed by atoms with Gasteiger partial charge in [0, 0.05) is 23.5 Å². The van der Waals surface area contributed by atoms with Crippen LogP contribution in [0.1, 0.15) is 27.7 Å². The Bertz CT molecular complexity index is 1010. The van der Waals surface area contributed by atoms with E-state index in [-0.39, 0.29) is 11.6 Å². The molecule has 0 spiro atoms. The maximum absolute atomic E-state index is 13.2. The third kappa shape index (κ3) is 3.01. The molecule has 3 aromatic carbocycles. The SMILES string of the molecule is Cc1ccc(N2C(=O)c3ccccc3N[C@@H]2c2ccc([N+](=O)[O-])cc2)cc1. The summed E-state index contributed by atoms with van der Waals surface area (Å²) in [4.78, 5) is 25.4. The molecule has 1 aliphatic rings. The number of hydrogen-bond acceptors (Lipinski definition) is 4. The zero-order valence-electron chi connectivity index (χ0n) is 14.6. The number of aryl methyl sites for hydroxylation is 1. The fourth-order valence-electron chi connectivity index (χ4n) is 3.24. The average molecular weight is 359 g/mol. The third-order valence-corrected chi connectivity index (χ3v) is 4.66. The van der Waals surface area contributed by atoms with E-state index in [1.54, 1.807) is 23.1 Å². The van der Waals surface area contributed by atoms with Gasteiger partial charge in [0.1, 0.15) is 6.17 Å². The number of rotatable bonds is 3. The van der Waals surface area contributed by atoms with Crippen molar-refractivity contribution in [2.45, 2.75) is 13.1 Å². The minimum Gasteiger partial charge on any atom is -0.360 e. The van der Waals surface area contributed by atoms with E-state index in [1.165, 1.54) is 12.1 Å². The predicted molar refractivity (Wildman–Crippen MR) is 104 cm³/mol. The largest absolute Gasteiger partial charge is 0.360 e. The maximum Gasteiger partial charge on any atom is 0.269 e. The highest BCUT2D eigenvalue weighted by atomic mass is 16.6. The highest BCUT2D eigenvalue weighted by Crippen LogP contribution is 2.37. The summed E-state index contributed by atoms with van der Waals surface area (Å²) in [7, 11) is 0. The van der Waals surface area contributed by atoms with E-state index < -0.39 is 11.1 Å². The summed E-state index contributed by atoms with van der Waals surface area (Å²) >= 11 is 0. The molecule has 0 bridgehead atoms. The number of amides is 1. The van der Waals surface area contributed by atoms with Gasteiger partial charge < -0.3 is 5.32 Å². The summed E-state index contributed by atoms with van der Waals surface area (Å²) < 4.78 is 0. The number of non-ortho nitro benzene ring substituents is 1. The second-order valence-electron chi connectivity index (χ2n) is 6.45. The number of carbonyl (C=O) groups is 1. The van der Waals surface area contributed by atoms with Crippen LogP contribution in [0.2, 0.25) is 0 Å². The Kier molecular flexibility index (Phi) is 4.08. The van der Waals surface area contributed by atoms with Crippen molar-refractivity contribution in [2.24, 2.45) is 0 Å². The van der Waals surface area contributed by atoms with Crippen LogP contribution in [0.15, 0.2) is 72.8 Å². The van der Waals surface area contributed by atoms with Gasteiger partial charge in [-0.05, 0) is 48.9 Å². The van der Waals surface area contributed by atoms with E-state index in [2.05, 4.69) is 5.32 Å². The van der Waals surface area contributed by atoms with Crippen LogP contribution in [-0.2, 0) is 0 Å². The number of benzene rings is 3. The highest BCUT2D eigenvalue weighted by molar-refractivity contribution is 6.12. The third-order valence-electron chi connectivity index (χ3n) is 4.66. The molecule has 0 radical (unpaired) electrons. The Labute approximate surface area is 156 Å². The summed E-state index contributed by atoms with van der Waals surface area (Å²) in [5.41, 5.74) is 3.98. The maximum atomic E-state index is 13.2. The quantitative estimate of drug-likeness (QED) is 0.544. The lowest BCUT2D eigenvalue weighted by molar-refractivity contribution is -0.384. The number of nitrogens with zero attached hydrogens (tertiary/aromatic N) is 2. The van der Waals surface area contributed by atoms with Crippen molar-refractivity contribution in [1.82, 2.24) is 0 Å². The fraction of sp³-hybridized carbons (Fsp3) is 0.0952. The molecule has 1 atom stereocenters. The summed E-state index contributed by atoms with van der Waals surface area (Å²) in [6, 6.07) is 21.3. The first-order valence-corrected chi connectivity index (χ1v) is 8.55. The van der Waals surface area contributed by atoms with E-state index in [1.807, 2.05) is 49.4 Å². The van der Waals surface area contributed by atoms with Crippen LogP contribution in [0, 0.1) is 17.0 Å². The number of nitro benzene ring substituents is 1. The van der Waals surface area contributed by atoms with Gasteiger partial charge >= 0.3 is 0 Å². The standard InChI is InChI=1S/C21H17N3O3/c1-14-6-10-16(11-7-14)23-20(15-8-12-17(13-9-15)24(26)27)22-19-5-3-2-4-18(19)21(23)25/h2-13,20,22H,1H3/t20-/m0/s1. The molecule has 4 rings (SSSR count). The number of fused-ring (bicyclic) bond motifs is 1. The molecule has 1 heterocycles. The molecule has 1 aliphatic heterocycles. The van der Waals surface area contributed by atoms with Crippen molar-refractivity contribution in [3.8, 4) is 0 Å². The van der Waals surface area contributed by atoms with Gasteiger partial charge in [-0.2, -0.15) is 0 Å². The van der Waals surface area contributed by atoms with Gasteiger partial charge in [0.2, 0.25) is 0 Å². The van der Waals surface area contributed by atoms with Crippen molar-refractivity contribution in [1.29, 1.82) is 0 Å². The van der Waals surface area contributed by atoms with Crippen molar-refractivity contribution < 1.29 is 9.72 Å². The Morgan fingerprint density at radius 3 is 2.30 bits per heavy atom. The number of nitrogens with one attached hydrogen (secondary N) is 1. The molecule has 1 N–H and O–H groups in total.